The number of amides is 2. The van der Waals surface area contributed by atoms with E-state index in [-0.39, 0.29) is 17.7 Å². The van der Waals surface area contributed by atoms with Crippen molar-refractivity contribution in [3.63, 3.8) is 0 Å². The smallest absolute Gasteiger partial charge is 0.225 e. The molecule has 2 N–H and O–H groups in total. The van der Waals surface area contributed by atoms with Gasteiger partial charge in [-0.15, -0.1) is 0 Å². The summed E-state index contributed by atoms with van der Waals surface area (Å²) in [5.74, 6) is -0.170. The van der Waals surface area contributed by atoms with Crippen molar-refractivity contribution in [2.75, 3.05) is 6.54 Å². The first-order valence-electron chi connectivity index (χ1n) is 6.22. The zero-order valence-electron chi connectivity index (χ0n) is 10.5. The average molecular weight is 257 g/mol. The summed E-state index contributed by atoms with van der Waals surface area (Å²) >= 11 is 0. The van der Waals surface area contributed by atoms with Crippen LogP contribution in [0.1, 0.15) is 24.0 Å². The fraction of sp³-hybridized carbons (Fsp3) is 0.357. The summed E-state index contributed by atoms with van der Waals surface area (Å²) in [4.78, 5) is 22.9. The van der Waals surface area contributed by atoms with Crippen molar-refractivity contribution in [1.82, 2.24) is 10.6 Å². The number of nitrogens with one attached hydrogen (secondary N) is 2. The van der Waals surface area contributed by atoms with Crippen LogP contribution in [0.2, 0.25) is 0 Å². The number of benzene rings is 1. The van der Waals surface area contributed by atoms with E-state index in [0.717, 1.165) is 5.56 Å². The Hall–Kier alpha value is -2.35. The molecule has 0 aliphatic carbocycles. The maximum Gasteiger partial charge on any atom is 0.225 e. The average Bonchev–Trinajstić information content (AvgIpc) is 2.46. The minimum atomic E-state index is -0.143. The quantitative estimate of drug-likeness (QED) is 0.836. The van der Waals surface area contributed by atoms with E-state index in [0.29, 0.717) is 31.5 Å². The van der Waals surface area contributed by atoms with Crippen LogP contribution in [-0.2, 0) is 16.1 Å². The maximum atomic E-state index is 11.9. The second-order valence-electron chi connectivity index (χ2n) is 4.57. The van der Waals surface area contributed by atoms with Crippen molar-refractivity contribution in [1.29, 1.82) is 5.26 Å². The van der Waals surface area contributed by atoms with Crippen molar-refractivity contribution >= 4 is 11.8 Å². The number of hydrogen-bond acceptors (Lipinski definition) is 3. The van der Waals surface area contributed by atoms with Gasteiger partial charge in [-0.05, 0) is 24.1 Å². The van der Waals surface area contributed by atoms with Crippen LogP contribution in [0.4, 0.5) is 0 Å². The second kappa shape index (κ2) is 6.01. The zero-order chi connectivity index (χ0) is 13.7. The highest BCUT2D eigenvalue weighted by Gasteiger charge is 2.23. The van der Waals surface area contributed by atoms with Crippen LogP contribution in [0.15, 0.2) is 24.3 Å². The maximum absolute atomic E-state index is 11.9. The van der Waals surface area contributed by atoms with Gasteiger partial charge in [-0.1, -0.05) is 12.1 Å². The largest absolute Gasteiger partial charge is 0.355 e. The molecule has 0 spiro atoms. The summed E-state index contributed by atoms with van der Waals surface area (Å²) in [6.45, 7) is 0.854. The Labute approximate surface area is 111 Å². The third-order valence-electron chi connectivity index (χ3n) is 3.19. The summed E-state index contributed by atoms with van der Waals surface area (Å²) in [6.07, 6.45) is 1.01. The Kier molecular flexibility index (Phi) is 4.14. The molecule has 1 saturated heterocycles. The standard InChI is InChI=1S/C14H15N3O2/c15-7-10-1-3-11(4-2-10)8-17-14(19)12-5-6-13(18)16-9-12/h1-4,12H,5-6,8-9H2,(H,16,18)(H,17,19). The van der Waals surface area contributed by atoms with E-state index in [1.54, 1.807) is 12.1 Å². The summed E-state index contributed by atoms with van der Waals surface area (Å²) in [5, 5.41) is 14.2. The van der Waals surface area contributed by atoms with E-state index < -0.39 is 0 Å². The lowest BCUT2D eigenvalue weighted by atomic mass is 9.98. The van der Waals surface area contributed by atoms with Crippen LogP contribution in [-0.4, -0.2) is 18.4 Å². The van der Waals surface area contributed by atoms with Crippen molar-refractivity contribution in [3.05, 3.63) is 35.4 Å². The Morgan fingerprint density at radius 3 is 2.74 bits per heavy atom. The van der Waals surface area contributed by atoms with Crippen LogP contribution in [0.5, 0.6) is 0 Å². The molecule has 0 radical (unpaired) electrons. The van der Waals surface area contributed by atoms with Crippen LogP contribution in [0.3, 0.4) is 0 Å². The van der Waals surface area contributed by atoms with Gasteiger partial charge in [-0.2, -0.15) is 5.26 Å². The molecule has 0 saturated carbocycles. The summed E-state index contributed by atoms with van der Waals surface area (Å²) in [6, 6.07) is 9.14. The molecule has 2 rings (SSSR count). The van der Waals surface area contributed by atoms with Gasteiger partial charge in [0.1, 0.15) is 0 Å². The van der Waals surface area contributed by atoms with Gasteiger partial charge in [0.2, 0.25) is 11.8 Å². The number of rotatable bonds is 3. The van der Waals surface area contributed by atoms with Gasteiger partial charge in [0.05, 0.1) is 17.6 Å². The first kappa shape index (κ1) is 13.1. The zero-order valence-corrected chi connectivity index (χ0v) is 10.5. The Balaban J connectivity index is 1.83. The summed E-state index contributed by atoms with van der Waals surface area (Å²) in [7, 11) is 0. The van der Waals surface area contributed by atoms with Crippen LogP contribution >= 0.6 is 0 Å². The molecule has 5 heteroatoms. The number of carbonyl (C=O) groups is 2. The van der Waals surface area contributed by atoms with E-state index in [9.17, 15) is 9.59 Å². The Morgan fingerprint density at radius 1 is 1.42 bits per heavy atom. The molecule has 1 aliphatic rings. The molecule has 1 heterocycles. The number of nitrogens with zero attached hydrogens (tertiary/aromatic N) is 1. The highest BCUT2D eigenvalue weighted by molar-refractivity contribution is 5.83. The lowest BCUT2D eigenvalue weighted by Gasteiger charge is -2.21. The number of piperidine rings is 1. The number of carbonyl (C=O) groups excluding carboxylic acids is 2. The molecule has 1 fully saturated rings. The molecule has 0 bridgehead atoms. The van der Waals surface area contributed by atoms with Crippen molar-refractivity contribution in [3.8, 4) is 6.07 Å². The van der Waals surface area contributed by atoms with E-state index in [1.165, 1.54) is 0 Å². The molecule has 1 unspecified atom stereocenters. The fourth-order valence-electron chi connectivity index (χ4n) is 1.99. The number of hydrogen-bond donors (Lipinski definition) is 2. The summed E-state index contributed by atoms with van der Waals surface area (Å²) < 4.78 is 0. The van der Waals surface area contributed by atoms with Gasteiger partial charge in [-0.25, -0.2) is 0 Å². The first-order valence-corrected chi connectivity index (χ1v) is 6.22. The number of nitriles is 1. The monoisotopic (exact) mass is 257 g/mol. The summed E-state index contributed by atoms with van der Waals surface area (Å²) in [5.41, 5.74) is 1.55. The van der Waals surface area contributed by atoms with Gasteiger partial charge in [0.25, 0.3) is 0 Å². The Bertz CT molecular complexity index is 506. The van der Waals surface area contributed by atoms with Crippen LogP contribution < -0.4 is 10.6 Å². The third-order valence-corrected chi connectivity index (χ3v) is 3.19. The topological polar surface area (TPSA) is 82.0 Å². The lowest BCUT2D eigenvalue weighted by molar-refractivity contribution is -0.129. The van der Waals surface area contributed by atoms with Crippen molar-refractivity contribution < 1.29 is 9.59 Å². The highest BCUT2D eigenvalue weighted by Crippen LogP contribution is 2.11. The molecular weight excluding hydrogens is 242 g/mol. The predicted octanol–water partition coefficient (Wildman–Crippen LogP) is 0.701. The van der Waals surface area contributed by atoms with Gasteiger partial charge in [0.15, 0.2) is 0 Å². The van der Waals surface area contributed by atoms with Gasteiger partial charge in [0, 0.05) is 19.5 Å². The third kappa shape index (κ3) is 3.55. The molecule has 2 amide bonds. The normalized spacial score (nSPS) is 18.3. The predicted molar refractivity (Wildman–Crippen MR) is 68.7 cm³/mol. The minimum Gasteiger partial charge on any atom is -0.355 e. The minimum absolute atomic E-state index is 0.0103. The molecule has 1 atom stereocenters. The van der Waals surface area contributed by atoms with Gasteiger partial charge >= 0.3 is 0 Å². The first-order chi connectivity index (χ1) is 9.19. The Morgan fingerprint density at radius 2 is 2.16 bits per heavy atom. The van der Waals surface area contributed by atoms with E-state index in [2.05, 4.69) is 10.6 Å². The van der Waals surface area contributed by atoms with Crippen molar-refractivity contribution in [2.24, 2.45) is 5.92 Å². The molecule has 1 aliphatic heterocycles. The van der Waals surface area contributed by atoms with E-state index in [4.69, 9.17) is 5.26 Å². The molecule has 19 heavy (non-hydrogen) atoms. The van der Waals surface area contributed by atoms with Crippen LogP contribution in [0, 0.1) is 17.2 Å². The molecule has 98 valence electrons. The SMILES string of the molecule is N#Cc1ccc(CNC(=O)C2CCC(=O)NC2)cc1. The highest BCUT2D eigenvalue weighted by atomic mass is 16.2. The second-order valence-corrected chi connectivity index (χ2v) is 4.57. The lowest BCUT2D eigenvalue weighted by Crippen LogP contribution is -2.42. The van der Waals surface area contributed by atoms with E-state index in [1.807, 2.05) is 18.2 Å². The molecule has 0 aromatic heterocycles. The molecular formula is C14H15N3O2. The molecule has 1 aromatic carbocycles. The molecule has 1 aromatic rings. The van der Waals surface area contributed by atoms with Crippen LogP contribution in [0.25, 0.3) is 0 Å². The van der Waals surface area contributed by atoms with E-state index >= 15 is 0 Å². The van der Waals surface area contributed by atoms with Gasteiger partial charge < -0.3 is 10.6 Å². The van der Waals surface area contributed by atoms with Gasteiger partial charge in [-0.3, -0.25) is 9.59 Å². The fourth-order valence-corrected chi connectivity index (χ4v) is 1.99. The van der Waals surface area contributed by atoms with Crippen molar-refractivity contribution in [2.45, 2.75) is 19.4 Å². The molecule has 5 nitrogen and oxygen atoms in total.